The number of nitrogens with zero attached hydrogens (tertiary/aromatic N) is 4. The van der Waals surface area contributed by atoms with E-state index in [1.165, 1.54) is 10.9 Å². The molecule has 0 aromatic carbocycles. The Kier molecular flexibility index (Phi) is 4.21. The number of hydrogen-bond acceptors (Lipinski definition) is 10. The molecule has 0 saturated carbocycles. The number of phosphoric acid groups is 1. The third kappa shape index (κ3) is 2.88. The Bertz CT molecular complexity index is 893. The van der Waals surface area contributed by atoms with Crippen LogP contribution in [0.2, 0.25) is 0 Å². The van der Waals surface area contributed by atoms with Gasteiger partial charge < -0.3 is 15.6 Å². The van der Waals surface area contributed by atoms with Crippen LogP contribution in [0.5, 0.6) is 0 Å². The van der Waals surface area contributed by atoms with Crippen molar-refractivity contribution in [3.8, 4) is 0 Å². The maximum Gasteiger partial charge on any atom is 0.475 e. The number of aliphatic hydroxyl groups is 1. The molecule has 2 saturated heterocycles. The molecule has 3 N–H and O–H groups in total. The van der Waals surface area contributed by atoms with Crippen LogP contribution in [0.15, 0.2) is 6.33 Å². The molecule has 13 heteroatoms. The first kappa shape index (κ1) is 17.7. The number of phosphoric ester groups is 1. The minimum Gasteiger partial charge on any atom is -0.386 e. The van der Waals surface area contributed by atoms with E-state index >= 15 is 0 Å². The number of fused-ring (bicyclic) bond motifs is 2. The summed E-state index contributed by atoms with van der Waals surface area (Å²) in [6, 6.07) is 0. The van der Waals surface area contributed by atoms with Crippen LogP contribution in [-0.2, 0) is 22.9 Å². The average Bonchev–Trinajstić information content (AvgIpc) is 3.08. The summed E-state index contributed by atoms with van der Waals surface area (Å²) in [6.45, 7) is 3.26. The molecule has 2 aliphatic rings. The zero-order chi connectivity index (χ0) is 18.6. The van der Waals surface area contributed by atoms with Crippen molar-refractivity contribution in [2.75, 3.05) is 12.3 Å². The SMILES string of the molecule is CC(C)OP1(=O)OCC2OC(n3cnc4c(N)nc(F)nc43)C(O)C2O1. The smallest absolute Gasteiger partial charge is 0.386 e. The largest absolute Gasteiger partial charge is 0.475 e. The third-order valence-electron chi connectivity index (χ3n) is 3.99. The van der Waals surface area contributed by atoms with Crippen molar-refractivity contribution >= 4 is 24.8 Å². The van der Waals surface area contributed by atoms with Crippen molar-refractivity contribution in [3.05, 3.63) is 12.4 Å². The minimum absolute atomic E-state index is 0.0558. The van der Waals surface area contributed by atoms with E-state index in [9.17, 15) is 14.1 Å². The first-order valence-corrected chi connectivity index (χ1v) is 9.34. The number of ether oxygens (including phenoxy) is 1. The van der Waals surface area contributed by atoms with Crippen molar-refractivity contribution in [3.63, 3.8) is 0 Å². The number of nitrogens with two attached hydrogens (primary N) is 1. The Hall–Kier alpha value is -1.69. The third-order valence-corrected chi connectivity index (χ3v) is 5.64. The summed E-state index contributed by atoms with van der Waals surface area (Å²) in [4.78, 5) is 11.1. The van der Waals surface area contributed by atoms with Crippen LogP contribution in [0.25, 0.3) is 11.2 Å². The molecule has 0 radical (unpaired) electrons. The second kappa shape index (κ2) is 6.19. The Balaban J connectivity index is 1.64. The maximum absolute atomic E-state index is 13.5. The Morgan fingerprint density at radius 2 is 2.27 bits per heavy atom. The molecule has 2 fully saturated rings. The van der Waals surface area contributed by atoms with E-state index in [0.29, 0.717) is 0 Å². The molecule has 2 aliphatic heterocycles. The second-order valence-corrected chi connectivity index (χ2v) is 7.80. The summed E-state index contributed by atoms with van der Waals surface area (Å²) in [5.41, 5.74) is 5.86. The number of hydrogen-bond donors (Lipinski definition) is 2. The molecule has 0 amide bonds. The molecule has 142 valence electrons. The molecule has 11 nitrogen and oxygen atoms in total. The van der Waals surface area contributed by atoms with Crippen molar-refractivity contribution < 1.29 is 32.4 Å². The van der Waals surface area contributed by atoms with E-state index in [-0.39, 0.29) is 23.6 Å². The highest BCUT2D eigenvalue weighted by molar-refractivity contribution is 7.48. The molecule has 4 heterocycles. The predicted molar refractivity (Wildman–Crippen MR) is 84.3 cm³/mol. The van der Waals surface area contributed by atoms with Crippen molar-refractivity contribution in [1.82, 2.24) is 19.5 Å². The van der Waals surface area contributed by atoms with Gasteiger partial charge in [-0.3, -0.25) is 18.1 Å². The lowest BCUT2D eigenvalue weighted by Gasteiger charge is -2.31. The highest BCUT2D eigenvalue weighted by atomic mass is 31.2. The molecule has 26 heavy (non-hydrogen) atoms. The van der Waals surface area contributed by atoms with Gasteiger partial charge in [0.05, 0.1) is 19.0 Å². The number of imidazole rings is 1. The summed E-state index contributed by atoms with van der Waals surface area (Å²) in [5, 5.41) is 10.6. The number of rotatable bonds is 3. The van der Waals surface area contributed by atoms with Gasteiger partial charge in [-0.1, -0.05) is 0 Å². The van der Waals surface area contributed by atoms with Gasteiger partial charge in [-0.25, -0.2) is 9.55 Å². The van der Waals surface area contributed by atoms with Gasteiger partial charge in [0.15, 0.2) is 23.2 Å². The number of anilines is 1. The Morgan fingerprint density at radius 3 is 3.00 bits per heavy atom. The maximum atomic E-state index is 13.5. The average molecular weight is 389 g/mol. The van der Waals surface area contributed by atoms with Crippen LogP contribution >= 0.6 is 7.82 Å². The van der Waals surface area contributed by atoms with E-state index in [0.717, 1.165) is 0 Å². The van der Waals surface area contributed by atoms with Crippen LogP contribution in [0, 0.1) is 6.08 Å². The van der Waals surface area contributed by atoms with Gasteiger partial charge in [0.2, 0.25) is 0 Å². The molecular weight excluding hydrogens is 372 g/mol. The van der Waals surface area contributed by atoms with E-state index in [1.54, 1.807) is 13.8 Å². The standard InChI is InChI=1S/C13H17FN5O6P/c1-5(2)24-26(21)22-3-6-9(25-26)8(20)12(23-6)19-4-16-7-10(15)17-13(14)18-11(7)19/h4-6,8-9,12,20H,3H2,1-2H3,(H2,15,17,18). The molecule has 5 unspecified atom stereocenters. The van der Waals surface area contributed by atoms with E-state index in [1.807, 2.05) is 0 Å². The number of nitrogen functional groups attached to an aromatic ring is 1. The monoisotopic (exact) mass is 389 g/mol. The van der Waals surface area contributed by atoms with E-state index in [2.05, 4.69) is 15.0 Å². The molecule has 0 spiro atoms. The predicted octanol–water partition coefficient (Wildman–Crippen LogP) is 0.754. The zero-order valence-corrected chi connectivity index (χ0v) is 14.7. The van der Waals surface area contributed by atoms with Crippen molar-refractivity contribution in [2.45, 2.75) is 44.5 Å². The highest BCUT2D eigenvalue weighted by Gasteiger charge is 2.53. The van der Waals surface area contributed by atoms with Crippen molar-refractivity contribution in [1.29, 1.82) is 0 Å². The molecule has 4 rings (SSSR count). The number of aliphatic hydroxyl groups excluding tert-OH is 1. The summed E-state index contributed by atoms with van der Waals surface area (Å²) in [6.07, 6.45) is -4.05. The molecule has 2 aromatic rings. The topological polar surface area (TPSA) is 144 Å². The fourth-order valence-corrected chi connectivity index (χ4v) is 4.54. The van der Waals surface area contributed by atoms with Gasteiger partial charge in [0.25, 0.3) is 0 Å². The highest BCUT2D eigenvalue weighted by Crippen LogP contribution is 2.57. The lowest BCUT2D eigenvalue weighted by molar-refractivity contribution is -0.0733. The minimum atomic E-state index is -3.81. The number of aromatic nitrogens is 4. The summed E-state index contributed by atoms with van der Waals surface area (Å²) >= 11 is 0. The molecule has 2 aromatic heterocycles. The molecule has 0 aliphatic carbocycles. The van der Waals surface area contributed by atoms with E-state index in [4.69, 9.17) is 24.0 Å². The van der Waals surface area contributed by atoms with Gasteiger partial charge in [-0.05, 0) is 13.8 Å². The fourth-order valence-electron chi connectivity index (χ4n) is 2.97. The Labute approximate surface area is 146 Å². The van der Waals surface area contributed by atoms with Gasteiger partial charge >= 0.3 is 13.9 Å². The van der Waals surface area contributed by atoms with Crippen LogP contribution in [0.3, 0.4) is 0 Å². The zero-order valence-electron chi connectivity index (χ0n) is 13.9. The first-order chi connectivity index (χ1) is 12.3. The van der Waals surface area contributed by atoms with Crippen LogP contribution in [-0.4, -0.2) is 55.6 Å². The first-order valence-electron chi connectivity index (χ1n) is 7.88. The van der Waals surface area contributed by atoms with Crippen molar-refractivity contribution in [2.24, 2.45) is 0 Å². The fraction of sp³-hybridized carbons (Fsp3) is 0.615. The number of halogens is 1. The normalized spacial score (nSPS) is 34.5. The summed E-state index contributed by atoms with van der Waals surface area (Å²) in [5.74, 6) is -0.134. The molecular formula is C13H17FN5O6P. The lowest BCUT2D eigenvalue weighted by Crippen LogP contribution is -2.39. The van der Waals surface area contributed by atoms with Crippen LogP contribution in [0.1, 0.15) is 20.1 Å². The second-order valence-electron chi connectivity index (χ2n) is 6.22. The van der Waals surface area contributed by atoms with E-state index < -0.39 is 44.5 Å². The van der Waals surface area contributed by atoms with Crippen LogP contribution in [0.4, 0.5) is 10.2 Å². The summed E-state index contributed by atoms with van der Waals surface area (Å²) in [7, 11) is -3.81. The lowest BCUT2D eigenvalue weighted by atomic mass is 10.1. The Morgan fingerprint density at radius 1 is 1.50 bits per heavy atom. The van der Waals surface area contributed by atoms with Crippen LogP contribution < -0.4 is 5.73 Å². The van der Waals surface area contributed by atoms with Gasteiger partial charge in [0.1, 0.15) is 18.3 Å². The van der Waals surface area contributed by atoms with Gasteiger partial charge in [-0.15, -0.1) is 0 Å². The molecule has 5 atom stereocenters. The quantitative estimate of drug-likeness (QED) is 0.570. The van der Waals surface area contributed by atoms with Gasteiger partial charge in [0, 0.05) is 0 Å². The summed E-state index contributed by atoms with van der Waals surface area (Å²) < 4.78 is 48.8. The molecule has 0 bridgehead atoms. The van der Waals surface area contributed by atoms with Gasteiger partial charge in [-0.2, -0.15) is 14.4 Å².